The molecule has 0 N–H and O–H groups in total. The van der Waals surface area contributed by atoms with Gasteiger partial charge in [-0.25, -0.2) is 4.39 Å². The first-order valence-electron chi connectivity index (χ1n) is 4.30. The average molecular weight is 142 g/mol. The van der Waals surface area contributed by atoms with Crippen LogP contribution in [0.2, 0.25) is 0 Å². The largest absolute Gasteiger partial charge is 0.244 e. The van der Waals surface area contributed by atoms with Crippen LogP contribution in [-0.4, -0.2) is 5.67 Å². The number of hydrogen-bond donors (Lipinski definition) is 0. The topological polar surface area (TPSA) is 0 Å². The number of rotatable bonds is 0. The lowest BCUT2D eigenvalue weighted by Crippen LogP contribution is -2.26. The number of alkyl halides is 1. The Morgan fingerprint density at radius 2 is 2.10 bits per heavy atom. The van der Waals surface area contributed by atoms with Gasteiger partial charge in [-0.15, -0.1) is 0 Å². The summed E-state index contributed by atoms with van der Waals surface area (Å²) in [6, 6.07) is 0. The van der Waals surface area contributed by atoms with Gasteiger partial charge in [-0.1, -0.05) is 6.92 Å². The predicted octanol–water partition coefficient (Wildman–Crippen LogP) is 2.78. The lowest BCUT2D eigenvalue weighted by atomic mass is 9.87. The molecule has 0 amide bonds. The van der Waals surface area contributed by atoms with Gasteiger partial charge in [0.15, 0.2) is 0 Å². The smallest absolute Gasteiger partial charge is 0.111 e. The van der Waals surface area contributed by atoms with Crippen molar-refractivity contribution in [3.8, 4) is 0 Å². The Bertz CT molecular complexity index is 151. The molecule has 2 saturated carbocycles. The van der Waals surface area contributed by atoms with Gasteiger partial charge in [0.1, 0.15) is 5.67 Å². The molecule has 4 atom stereocenters. The van der Waals surface area contributed by atoms with Gasteiger partial charge in [0.25, 0.3) is 0 Å². The van der Waals surface area contributed by atoms with E-state index in [9.17, 15) is 4.39 Å². The summed E-state index contributed by atoms with van der Waals surface area (Å²) in [6.07, 6.45) is 3.25. The van der Waals surface area contributed by atoms with Crippen LogP contribution in [0.5, 0.6) is 0 Å². The van der Waals surface area contributed by atoms with Crippen LogP contribution in [0.1, 0.15) is 33.1 Å². The van der Waals surface area contributed by atoms with E-state index in [2.05, 4.69) is 6.92 Å². The molecule has 0 aliphatic heterocycles. The van der Waals surface area contributed by atoms with E-state index in [1.54, 1.807) is 6.92 Å². The highest BCUT2D eigenvalue weighted by molar-refractivity contribution is 5.02. The maximum atomic E-state index is 13.6. The molecule has 2 fully saturated rings. The summed E-state index contributed by atoms with van der Waals surface area (Å²) in [5.41, 5.74) is -0.817. The first-order valence-corrected chi connectivity index (χ1v) is 4.30. The lowest BCUT2D eigenvalue weighted by Gasteiger charge is -2.25. The summed E-state index contributed by atoms with van der Waals surface area (Å²) < 4.78 is 13.6. The van der Waals surface area contributed by atoms with E-state index < -0.39 is 5.67 Å². The minimum Gasteiger partial charge on any atom is -0.244 e. The molecule has 58 valence electrons. The van der Waals surface area contributed by atoms with Gasteiger partial charge in [-0.05, 0) is 43.9 Å². The Hall–Kier alpha value is -0.0700. The van der Waals surface area contributed by atoms with Crippen LogP contribution in [0.3, 0.4) is 0 Å². The third-order valence-corrected chi connectivity index (χ3v) is 3.66. The van der Waals surface area contributed by atoms with Crippen molar-refractivity contribution >= 4 is 0 Å². The SMILES string of the molecule is CC1C2CCC1C(C)(F)C2. The van der Waals surface area contributed by atoms with Crippen molar-refractivity contribution in [2.24, 2.45) is 17.8 Å². The van der Waals surface area contributed by atoms with Gasteiger partial charge in [0.2, 0.25) is 0 Å². The molecule has 0 nitrogen and oxygen atoms in total. The summed E-state index contributed by atoms with van der Waals surface area (Å²) in [4.78, 5) is 0. The fourth-order valence-corrected chi connectivity index (χ4v) is 3.05. The minimum atomic E-state index is -0.817. The summed E-state index contributed by atoms with van der Waals surface area (Å²) in [6.45, 7) is 4.00. The predicted molar refractivity (Wildman–Crippen MR) is 39.5 cm³/mol. The van der Waals surface area contributed by atoms with Gasteiger partial charge >= 0.3 is 0 Å². The third-order valence-electron chi connectivity index (χ3n) is 3.66. The molecule has 1 heteroatoms. The first kappa shape index (κ1) is 6.63. The molecule has 0 saturated heterocycles. The Balaban J connectivity index is 2.24. The van der Waals surface area contributed by atoms with E-state index in [4.69, 9.17) is 0 Å². The molecule has 0 spiro atoms. The fraction of sp³-hybridized carbons (Fsp3) is 1.00. The summed E-state index contributed by atoms with van der Waals surface area (Å²) in [5, 5.41) is 0. The van der Waals surface area contributed by atoms with Crippen molar-refractivity contribution in [1.82, 2.24) is 0 Å². The van der Waals surface area contributed by atoms with Crippen LogP contribution in [0.25, 0.3) is 0 Å². The van der Waals surface area contributed by atoms with Crippen molar-refractivity contribution in [3.05, 3.63) is 0 Å². The monoisotopic (exact) mass is 142 g/mol. The normalized spacial score (nSPS) is 59.7. The molecule has 0 heterocycles. The second kappa shape index (κ2) is 1.75. The van der Waals surface area contributed by atoms with Crippen LogP contribution in [0, 0.1) is 17.8 Å². The van der Waals surface area contributed by atoms with Gasteiger partial charge in [0, 0.05) is 0 Å². The van der Waals surface area contributed by atoms with Crippen molar-refractivity contribution in [1.29, 1.82) is 0 Å². The minimum absolute atomic E-state index is 0.387. The molecule has 0 aromatic carbocycles. The summed E-state index contributed by atoms with van der Waals surface area (Å²) in [5.74, 6) is 1.76. The highest BCUT2D eigenvalue weighted by Crippen LogP contribution is 2.55. The van der Waals surface area contributed by atoms with Crippen molar-refractivity contribution in [2.75, 3.05) is 0 Å². The molecule has 2 rings (SSSR count). The zero-order chi connectivity index (χ0) is 7.35. The van der Waals surface area contributed by atoms with E-state index in [-0.39, 0.29) is 0 Å². The molecule has 0 radical (unpaired) electrons. The molecule has 2 aliphatic carbocycles. The van der Waals surface area contributed by atoms with E-state index in [0.29, 0.717) is 17.8 Å². The van der Waals surface area contributed by atoms with E-state index in [1.807, 2.05) is 0 Å². The second-order valence-electron chi connectivity index (χ2n) is 4.29. The van der Waals surface area contributed by atoms with Crippen molar-refractivity contribution < 1.29 is 4.39 Å². The lowest BCUT2D eigenvalue weighted by molar-refractivity contribution is 0.103. The average Bonchev–Trinajstić information content (AvgIpc) is 2.21. The van der Waals surface area contributed by atoms with Crippen LogP contribution in [0.15, 0.2) is 0 Å². The number of fused-ring (bicyclic) bond motifs is 2. The summed E-state index contributed by atoms with van der Waals surface area (Å²) in [7, 11) is 0. The van der Waals surface area contributed by atoms with E-state index in [1.165, 1.54) is 6.42 Å². The highest BCUT2D eigenvalue weighted by Gasteiger charge is 2.53. The van der Waals surface area contributed by atoms with E-state index >= 15 is 0 Å². The summed E-state index contributed by atoms with van der Waals surface area (Å²) >= 11 is 0. The molecular weight excluding hydrogens is 127 g/mol. The molecule has 0 aromatic heterocycles. The number of hydrogen-bond acceptors (Lipinski definition) is 0. The molecule has 10 heavy (non-hydrogen) atoms. The number of halogens is 1. The molecule has 2 bridgehead atoms. The van der Waals surface area contributed by atoms with Gasteiger partial charge in [0.05, 0.1) is 0 Å². The highest BCUT2D eigenvalue weighted by atomic mass is 19.1. The first-order chi connectivity index (χ1) is 4.61. The second-order valence-corrected chi connectivity index (χ2v) is 4.29. The zero-order valence-electron chi connectivity index (χ0n) is 6.73. The van der Waals surface area contributed by atoms with Crippen LogP contribution in [-0.2, 0) is 0 Å². The Labute approximate surface area is 61.8 Å². The van der Waals surface area contributed by atoms with Crippen LogP contribution in [0.4, 0.5) is 4.39 Å². The Morgan fingerprint density at radius 1 is 1.40 bits per heavy atom. The van der Waals surface area contributed by atoms with Crippen molar-refractivity contribution in [2.45, 2.75) is 38.8 Å². The van der Waals surface area contributed by atoms with Gasteiger partial charge < -0.3 is 0 Å². The molecule has 4 unspecified atom stereocenters. The van der Waals surface area contributed by atoms with Crippen LogP contribution >= 0.6 is 0 Å². The van der Waals surface area contributed by atoms with Gasteiger partial charge in [-0.2, -0.15) is 0 Å². The maximum absolute atomic E-state index is 13.6. The maximum Gasteiger partial charge on any atom is 0.111 e. The Kier molecular flexibility index (Phi) is 1.16. The van der Waals surface area contributed by atoms with Gasteiger partial charge in [-0.3, -0.25) is 0 Å². The van der Waals surface area contributed by atoms with Crippen molar-refractivity contribution in [3.63, 3.8) is 0 Å². The fourth-order valence-electron chi connectivity index (χ4n) is 3.05. The quantitative estimate of drug-likeness (QED) is 0.488. The van der Waals surface area contributed by atoms with E-state index in [0.717, 1.165) is 12.8 Å². The third kappa shape index (κ3) is 0.665. The standard InChI is InChI=1S/C9H15F/c1-6-7-3-4-8(6)9(2,10)5-7/h6-8H,3-5H2,1-2H3. The molecular formula is C9H15F. The Morgan fingerprint density at radius 3 is 2.30 bits per heavy atom. The zero-order valence-corrected chi connectivity index (χ0v) is 6.73. The molecule has 2 aliphatic rings. The molecule has 0 aromatic rings. The van der Waals surface area contributed by atoms with Crippen LogP contribution < -0.4 is 0 Å².